The highest BCUT2D eigenvalue weighted by atomic mass is 16.4. The zero-order valence-corrected chi connectivity index (χ0v) is 12.6. The second kappa shape index (κ2) is 6.88. The molecule has 1 aromatic rings. The van der Waals surface area contributed by atoms with E-state index in [1.165, 1.54) is 26.1 Å². The van der Waals surface area contributed by atoms with Gasteiger partial charge in [-0.05, 0) is 45.0 Å². The maximum Gasteiger partial charge on any atom is 0.326 e. The number of aliphatic carboxylic acids is 1. The molecule has 0 saturated heterocycles. The third-order valence-corrected chi connectivity index (χ3v) is 3.07. The Morgan fingerprint density at radius 1 is 1.05 bits per heavy atom. The molecule has 0 aliphatic rings. The fourth-order valence-electron chi connectivity index (χ4n) is 1.65. The molecular formula is C15H20N2O4. The van der Waals surface area contributed by atoms with Crippen molar-refractivity contribution in [3.05, 3.63) is 35.4 Å². The van der Waals surface area contributed by atoms with Crippen molar-refractivity contribution in [3.8, 4) is 0 Å². The predicted octanol–water partition coefficient (Wildman–Crippen LogP) is 1.37. The fraction of sp³-hybridized carbons (Fsp3) is 0.400. The van der Waals surface area contributed by atoms with Crippen molar-refractivity contribution >= 4 is 17.8 Å². The highest BCUT2D eigenvalue weighted by molar-refractivity contribution is 5.98. The second-order valence-electron chi connectivity index (χ2n) is 5.14. The average Bonchev–Trinajstić information content (AvgIpc) is 2.44. The van der Waals surface area contributed by atoms with E-state index >= 15 is 0 Å². The van der Waals surface area contributed by atoms with E-state index in [1.54, 1.807) is 12.1 Å². The summed E-state index contributed by atoms with van der Waals surface area (Å²) < 4.78 is 0. The van der Waals surface area contributed by atoms with Crippen molar-refractivity contribution in [1.82, 2.24) is 10.2 Å². The van der Waals surface area contributed by atoms with E-state index in [9.17, 15) is 14.4 Å². The van der Waals surface area contributed by atoms with Crippen LogP contribution in [0.4, 0.5) is 0 Å². The van der Waals surface area contributed by atoms with Crippen molar-refractivity contribution in [1.29, 1.82) is 0 Å². The Morgan fingerprint density at radius 2 is 1.52 bits per heavy atom. The maximum atomic E-state index is 12.1. The lowest BCUT2D eigenvalue weighted by atomic mass is 10.1. The summed E-state index contributed by atoms with van der Waals surface area (Å²) in [4.78, 5) is 35.9. The van der Waals surface area contributed by atoms with E-state index in [1.807, 2.05) is 13.8 Å². The zero-order chi connectivity index (χ0) is 16.2. The Balaban J connectivity index is 2.85. The molecule has 0 heterocycles. The Hall–Kier alpha value is -2.37. The van der Waals surface area contributed by atoms with Crippen molar-refractivity contribution < 1.29 is 19.5 Å². The third-order valence-electron chi connectivity index (χ3n) is 3.07. The Kier molecular flexibility index (Phi) is 5.46. The number of amides is 2. The second-order valence-corrected chi connectivity index (χ2v) is 5.14. The molecule has 0 radical (unpaired) electrons. The molecule has 1 aromatic carbocycles. The standard InChI is InChI=1S/C15H20N2O4/c1-9(2)16-13(18)11-5-7-12(8-6-11)14(19)17(4)10(3)15(20)21/h5-10H,1-4H3,(H,16,18)(H,20,21). The SMILES string of the molecule is CC(C)NC(=O)c1ccc(C(=O)N(C)C(C)C(=O)O)cc1. The molecule has 0 spiro atoms. The number of carbonyl (C=O) groups excluding carboxylic acids is 2. The lowest BCUT2D eigenvalue weighted by molar-refractivity contribution is -0.141. The normalized spacial score (nSPS) is 11.9. The van der Waals surface area contributed by atoms with Gasteiger partial charge in [0.2, 0.25) is 0 Å². The lowest BCUT2D eigenvalue weighted by Gasteiger charge is -2.21. The molecule has 6 heteroatoms. The van der Waals surface area contributed by atoms with E-state index in [0.717, 1.165) is 4.90 Å². The molecule has 0 aliphatic carbocycles. The van der Waals surface area contributed by atoms with E-state index in [0.29, 0.717) is 11.1 Å². The minimum Gasteiger partial charge on any atom is -0.480 e. The molecule has 0 aromatic heterocycles. The maximum absolute atomic E-state index is 12.1. The molecule has 114 valence electrons. The van der Waals surface area contributed by atoms with Crippen LogP contribution in [0.2, 0.25) is 0 Å². The molecule has 2 amide bonds. The number of rotatable bonds is 5. The number of hydrogen-bond acceptors (Lipinski definition) is 3. The number of carboxylic acids is 1. The van der Waals surface area contributed by atoms with Crippen LogP contribution in [0, 0.1) is 0 Å². The van der Waals surface area contributed by atoms with Gasteiger partial charge in [-0.3, -0.25) is 9.59 Å². The van der Waals surface area contributed by atoms with Crippen LogP contribution in [0.3, 0.4) is 0 Å². The Morgan fingerprint density at radius 3 is 1.95 bits per heavy atom. The monoisotopic (exact) mass is 292 g/mol. The Labute approximate surface area is 123 Å². The van der Waals surface area contributed by atoms with Gasteiger partial charge in [0.05, 0.1) is 0 Å². The van der Waals surface area contributed by atoms with E-state index in [2.05, 4.69) is 5.32 Å². The van der Waals surface area contributed by atoms with Gasteiger partial charge < -0.3 is 15.3 Å². The van der Waals surface area contributed by atoms with Gasteiger partial charge in [0.1, 0.15) is 6.04 Å². The smallest absolute Gasteiger partial charge is 0.326 e. The van der Waals surface area contributed by atoms with E-state index in [-0.39, 0.29) is 11.9 Å². The van der Waals surface area contributed by atoms with Crippen LogP contribution in [0.5, 0.6) is 0 Å². The molecule has 1 atom stereocenters. The van der Waals surface area contributed by atoms with Crippen molar-refractivity contribution in [3.63, 3.8) is 0 Å². The van der Waals surface area contributed by atoms with Crippen LogP contribution in [-0.2, 0) is 4.79 Å². The first-order chi connectivity index (χ1) is 9.73. The predicted molar refractivity (Wildman–Crippen MR) is 78.2 cm³/mol. The minimum atomic E-state index is -1.07. The van der Waals surface area contributed by atoms with Gasteiger partial charge in [0.15, 0.2) is 0 Å². The van der Waals surface area contributed by atoms with E-state index < -0.39 is 17.9 Å². The van der Waals surface area contributed by atoms with Crippen LogP contribution in [0.25, 0.3) is 0 Å². The number of nitrogens with zero attached hydrogens (tertiary/aromatic N) is 1. The molecule has 1 rings (SSSR count). The average molecular weight is 292 g/mol. The van der Waals surface area contributed by atoms with Gasteiger partial charge in [0.25, 0.3) is 11.8 Å². The summed E-state index contributed by atoms with van der Waals surface area (Å²) >= 11 is 0. The summed E-state index contributed by atoms with van der Waals surface area (Å²) in [6.07, 6.45) is 0. The third kappa shape index (κ3) is 4.30. The highest BCUT2D eigenvalue weighted by Gasteiger charge is 2.22. The molecular weight excluding hydrogens is 272 g/mol. The number of likely N-dealkylation sites (N-methyl/N-ethyl adjacent to an activating group) is 1. The van der Waals surface area contributed by atoms with Crippen LogP contribution < -0.4 is 5.32 Å². The van der Waals surface area contributed by atoms with Gasteiger partial charge in [-0.1, -0.05) is 0 Å². The van der Waals surface area contributed by atoms with Crippen molar-refractivity contribution in [2.45, 2.75) is 32.9 Å². The van der Waals surface area contributed by atoms with Crippen molar-refractivity contribution in [2.75, 3.05) is 7.05 Å². The molecule has 21 heavy (non-hydrogen) atoms. The first-order valence-corrected chi connectivity index (χ1v) is 6.65. The lowest BCUT2D eigenvalue weighted by Crippen LogP contribution is -2.40. The van der Waals surface area contributed by atoms with Crippen LogP contribution in [0.1, 0.15) is 41.5 Å². The van der Waals surface area contributed by atoms with Gasteiger partial charge in [0, 0.05) is 24.2 Å². The molecule has 0 aliphatic heterocycles. The fourth-order valence-corrected chi connectivity index (χ4v) is 1.65. The summed E-state index contributed by atoms with van der Waals surface area (Å²) in [5, 5.41) is 11.7. The summed E-state index contributed by atoms with van der Waals surface area (Å²) in [6.45, 7) is 5.15. The van der Waals surface area contributed by atoms with Gasteiger partial charge >= 0.3 is 5.97 Å². The number of carboxylic acid groups (broad SMARTS) is 1. The molecule has 2 N–H and O–H groups in total. The molecule has 0 saturated carbocycles. The first kappa shape index (κ1) is 16.7. The number of benzene rings is 1. The van der Waals surface area contributed by atoms with E-state index in [4.69, 9.17) is 5.11 Å². The molecule has 0 fully saturated rings. The number of carbonyl (C=O) groups is 3. The molecule has 6 nitrogen and oxygen atoms in total. The van der Waals surface area contributed by atoms with Gasteiger partial charge in [-0.2, -0.15) is 0 Å². The van der Waals surface area contributed by atoms with Gasteiger partial charge in [-0.15, -0.1) is 0 Å². The van der Waals surface area contributed by atoms with Gasteiger partial charge in [-0.25, -0.2) is 4.79 Å². The number of nitrogens with one attached hydrogen (secondary N) is 1. The minimum absolute atomic E-state index is 0.0290. The molecule has 1 unspecified atom stereocenters. The van der Waals surface area contributed by atoms with Crippen molar-refractivity contribution in [2.24, 2.45) is 0 Å². The van der Waals surface area contributed by atoms with Crippen LogP contribution >= 0.6 is 0 Å². The highest BCUT2D eigenvalue weighted by Crippen LogP contribution is 2.09. The summed E-state index contributed by atoms with van der Waals surface area (Å²) in [5.41, 5.74) is 0.792. The number of hydrogen-bond donors (Lipinski definition) is 2. The summed E-state index contributed by atoms with van der Waals surface area (Å²) in [7, 11) is 1.43. The van der Waals surface area contributed by atoms with Crippen LogP contribution in [-0.4, -0.2) is 46.9 Å². The quantitative estimate of drug-likeness (QED) is 0.858. The Bertz CT molecular complexity index is 537. The summed E-state index contributed by atoms with van der Waals surface area (Å²) in [5.74, 6) is -1.68. The van der Waals surface area contributed by atoms with Crippen LogP contribution in [0.15, 0.2) is 24.3 Å². The zero-order valence-electron chi connectivity index (χ0n) is 12.6. The molecule has 0 bridgehead atoms. The first-order valence-electron chi connectivity index (χ1n) is 6.65. The topological polar surface area (TPSA) is 86.7 Å². The summed E-state index contributed by atoms with van der Waals surface area (Å²) in [6, 6.07) is 5.24. The largest absolute Gasteiger partial charge is 0.480 e.